The molecule has 2 heterocycles. The van der Waals surface area contributed by atoms with Gasteiger partial charge in [0.1, 0.15) is 9.88 Å². The fraction of sp³-hybridized carbons (Fsp3) is 0.308. The Hall–Kier alpha value is -1.79. The van der Waals surface area contributed by atoms with Crippen LogP contribution in [0.1, 0.15) is 22.3 Å². The molecule has 0 radical (unpaired) electrons. The highest BCUT2D eigenvalue weighted by Crippen LogP contribution is 2.26. The first kappa shape index (κ1) is 13.6. The molecule has 1 amide bonds. The summed E-state index contributed by atoms with van der Waals surface area (Å²) in [5.74, 6) is -0.210. The Labute approximate surface area is 115 Å². The van der Waals surface area contributed by atoms with Gasteiger partial charge in [0.2, 0.25) is 0 Å². The van der Waals surface area contributed by atoms with Crippen molar-refractivity contribution in [1.29, 1.82) is 0 Å². The van der Waals surface area contributed by atoms with E-state index in [1.807, 2.05) is 18.2 Å². The summed E-state index contributed by atoms with van der Waals surface area (Å²) in [4.78, 5) is 21.1. The second-order valence-electron chi connectivity index (χ2n) is 4.21. The van der Waals surface area contributed by atoms with E-state index in [9.17, 15) is 4.79 Å². The maximum Gasteiger partial charge on any atom is 0.263 e. The Morgan fingerprint density at radius 3 is 2.95 bits per heavy atom. The average molecular weight is 277 g/mol. The fourth-order valence-electron chi connectivity index (χ4n) is 1.53. The topological polar surface area (TPSA) is 75.1 Å². The lowest BCUT2D eigenvalue weighted by atomic mass is 10.3. The van der Waals surface area contributed by atoms with E-state index in [1.165, 1.54) is 11.3 Å². The fourth-order valence-corrected chi connectivity index (χ4v) is 2.49. The number of aliphatic hydroxyl groups is 1. The highest BCUT2D eigenvalue weighted by atomic mass is 32.1. The number of aliphatic hydroxyl groups excluding tert-OH is 1. The van der Waals surface area contributed by atoms with Gasteiger partial charge in [-0.15, -0.1) is 11.3 Å². The number of carbonyl (C=O) groups excluding carboxylic acids is 1. The number of nitrogens with one attached hydrogen (secondary N) is 1. The van der Waals surface area contributed by atoms with Gasteiger partial charge in [0, 0.05) is 12.7 Å². The summed E-state index contributed by atoms with van der Waals surface area (Å²) < 4.78 is 0. The van der Waals surface area contributed by atoms with Crippen LogP contribution >= 0.6 is 11.3 Å². The number of aromatic nitrogens is 2. The summed E-state index contributed by atoms with van der Waals surface area (Å²) in [6, 6.07) is 5.57. The van der Waals surface area contributed by atoms with Gasteiger partial charge in [-0.25, -0.2) is 4.98 Å². The minimum absolute atomic E-state index is 0.210. The SMILES string of the molecule is Cc1nc(-c2ccccn2)sc1C(=O)NCC(C)O. The van der Waals surface area contributed by atoms with E-state index in [2.05, 4.69) is 15.3 Å². The van der Waals surface area contributed by atoms with Gasteiger partial charge in [-0.05, 0) is 26.0 Å². The molecular formula is C13H15N3O2S. The van der Waals surface area contributed by atoms with Crippen LogP contribution in [0, 0.1) is 6.92 Å². The van der Waals surface area contributed by atoms with Crippen LogP contribution in [0.25, 0.3) is 10.7 Å². The van der Waals surface area contributed by atoms with Gasteiger partial charge in [-0.3, -0.25) is 9.78 Å². The molecule has 19 heavy (non-hydrogen) atoms. The lowest BCUT2D eigenvalue weighted by molar-refractivity contribution is 0.0927. The Kier molecular flexibility index (Phi) is 4.24. The zero-order valence-electron chi connectivity index (χ0n) is 10.8. The van der Waals surface area contributed by atoms with E-state index in [1.54, 1.807) is 20.0 Å². The van der Waals surface area contributed by atoms with Crippen molar-refractivity contribution in [3.8, 4) is 10.7 Å². The molecule has 2 rings (SSSR count). The predicted molar refractivity (Wildman–Crippen MR) is 74.1 cm³/mol. The number of hydrogen-bond acceptors (Lipinski definition) is 5. The summed E-state index contributed by atoms with van der Waals surface area (Å²) in [6.07, 6.45) is 1.13. The molecule has 0 saturated carbocycles. The van der Waals surface area contributed by atoms with Gasteiger partial charge in [-0.2, -0.15) is 0 Å². The molecule has 0 bridgehead atoms. The summed E-state index contributed by atoms with van der Waals surface area (Å²) in [5.41, 5.74) is 1.43. The molecule has 6 heteroatoms. The zero-order chi connectivity index (χ0) is 13.8. The van der Waals surface area contributed by atoms with Crippen LogP contribution < -0.4 is 5.32 Å². The van der Waals surface area contributed by atoms with Gasteiger partial charge in [-0.1, -0.05) is 6.07 Å². The van der Waals surface area contributed by atoms with E-state index < -0.39 is 6.10 Å². The van der Waals surface area contributed by atoms with Gasteiger partial charge >= 0.3 is 0 Å². The molecule has 0 saturated heterocycles. The molecule has 0 aliphatic heterocycles. The second kappa shape index (κ2) is 5.90. The number of amides is 1. The summed E-state index contributed by atoms with van der Waals surface area (Å²) in [7, 11) is 0. The van der Waals surface area contributed by atoms with Gasteiger partial charge in [0.05, 0.1) is 17.5 Å². The molecule has 0 aromatic carbocycles. The Morgan fingerprint density at radius 2 is 2.32 bits per heavy atom. The maximum atomic E-state index is 11.9. The molecule has 1 unspecified atom stereocenters. The third-order valence-electron chi connectivity index (χ3n) is 2.44. The Balaban J connectivity index is 2.20. The molecule has 0 aliphatic rings. The van der Waals surface area contributed by atoms with Gasteiger partial charge in [0.25, 0.3) is 5.91 Å². The minimum Gasteiger partial charge on any atom is -0.392 e. The molecule has 0 spiro atoms. The average Bonchev–Trinajstić information content (AvgIpc) is 2.79. The quantitative estimate of drug-likeness (QED) is 0.890. The van der Waals surface area contributed by atoms with E-state index in [0.29, 0.717) is 10.6 Å². The Morgan fingerprint density at radius 1 is 1.53 bits per heavy atom. The third-order valence-corrected chi connectivity index (χ3v) is 3.62. The smallest absolute Gasteiger partial charge is 0.263 e. The van der Waals surface area contributed by atoms with Crippen molar-refractivity contribution < 1.29 is 9.90 Å². The van der Waals surface area contributed by atoms with E-state index in [-0.39, 0.29) is 12.5 Å². The van der Waals surface area contributed by atoms with Crippen LogP contribution in [0.15, 0.2) is 24.4 Å². The van der Waals surface area contributed by atoms with Crippen LogP contribution in [-0.4, -0.2) is 33.6 Å². The molecule has 2 N–H and O–H groups in total. The van der Waals surface area contributed by atoms with Crippen molar-refractivity contribution in [3.05, 3.63) is 35.0 Å². The maximum absolute atomic E-state index is 11.9. The van der Waals surface area contributed by atoms with Crippen molar-refractivity contribution >= 4 is 17.2 Å². The molecule has 2 aromatic rings. The second-order valence-corrected chi connectivity index (χ2v) is 5.21. The number of carbonyl (C=O) groups is 1. The number of aryl methyl sites for hydroxylation is 1. The lowest BCUT2D eigenvalue weighted by Gasteiger charge is -2.05. The molecule has 5 nitrogen and oxygen atoms in total. The van der Waals surface area contributed by atoms with E-state index in [4.69, 9.17) is 5.11 Å². The first-order chi connectivity index (χ1) is 9.08. The molecule has 0 aliphatic carbocycles. The summed E-state index contributed by atoms with van der Waals surface area (Å²) >= 11 is 1.31. The third kappa shape index (κ3) is 3.36. The van der Waals surface area contributed by atoms with Crippen LogP contribution in [0.3, 0.4) is 0 Å². The molecule has 2 aromatic heterocycles. The first-order valence-electron chi connectivity index (χ1n) is 5.93. The molecule has 1 atom stereocenters. The van der Waals surface area contributed by atoms with Gasteiger partial charge < -0.3 is 10.4 Å². The van der Waals surface area contributed by atoms with Crippen molar-refractivity contribution in [2.45, 2.75) is 20.0 Å². The van der Waals surface area contributed by atoms with Crippen LogP contribution in [0.2, 0.25) is 0 Å². The van der Waals surface area contributed by atoms with Crippen molar-refractivity contribution in [2.24, 2.45) is 0 Å². The summed E-state index contributed by atoms with van der Waals surface area (Å²) in [6.45, 7) is 3.65. The highest BCUT2D eigenvalue weighted by molar-refractivity contribution is 7.17. The van der Waals surface area contributed by atoms with Gasteiger partial charge in [0.15, 0.2) is 0 Å². The monoisotopic (exact) mass is 277 g/mol. The summed E-state index contributed by atoms with van der Waals surface area (Å²) in [5, 5.41) is 12.6. The number of rotatable bonds is 4. The predicted octanol–water partition coefficient (Wildman–Crippen LogP) is 1.62. The first-order valence-corrected chi connectivity index (χ1v) is 6.74. The number of hydrogen-bond donors (Lipinski definition) is 2. The van der Waals surface area contributed by atoms with Crippen molar-refractivity contribution in [1.82, 2.24) is 15.3 Å². The standard InChI is InChI=1S/C13H15N3O2S/c1-8(17)7-15-12(18)11-9(2)16-13(19-11)10-5-3-4-6-14-10/h3-6,8,17H,7H2,1-2H3,(H,15,18). The van der Waals surface area contributed by atoms with E-state index >= 15 is 0 Å². The molecule has 0 fully saturated rings. The minimum atomic E-state index is -0.563. The molecular weight excluding hydrogens is 262 g/mol. The zero-order valence-corrected chi connectivity index (χ0v) is 11.6. The lowest BCUT2D eigenvalue weighted by Crippen LogP contribution is -2.30. The highest BCUT2D eigenvalue weighted by Gasteiger charge is 2.16. The van der Waals surface area contributed by atoms with E-state index in [0.717, 1.165) is 10.7 Å². The number of thiazole rings is 1. The van der Waals surface area contributed by atoms with Crippen LogP contribution in [0.4, 0.5) is 0 Å². The van der Waals surface area contributed by atoms with Crippen molar-refractivity contribution in [3.63, 3.8) is 0 Å². The number of nitrogens with zero attached hydrogens (tertiary/aromatic N) is 2. The number of pyridine rings is 1. The Bertz CT molecular complexity index is 567. The van der Waals surface area contributed by atoms with Crippen LogP contribution in [-0.2, 0) is 0 Å². The van der Waals surface area contributed by atoms with Crippen LogP contribution in [0.5, 0.6) is 0 Å². The normalized spacial score (nSPS) is 12.2. The van der Waals surface area contributed by atoms with Crippen molar-refractivity contribution in [2.75, 3.05) is 6.54 Å². The largest absolute Gasteiger partial charge is 0.392 e. The molecule has 100 valence electrons.